The van der Waals surface area contributed by atoms with Gasteiger partial charge in [-0.3, -0.25) is 4.79 Å². The topological polar surface area (TPSA) is 62.2 Å². The molecule has 8 heteroatoms. The van der Waals surface area contributed by atoms with Gasteiger partial charge in [-0.05, 0) is 31.0 Å². The van der Waals surface area contributed by atoms with Crippen molar-refractivity contribution in [2.24, 2.45) is 0 Å². The minimum absolute atomic E-state index is 0.175. The van der Waals surface area contributed by atoms with Gasteiger partial charge in [0.2, 0.25) is 0 Å². The van der Waals surface area contributed by atoms with Crippen LogP contribution < -0.4 is 5.32 Å². The van der Waals surface area contributed by atoms with Crippen molar-refractivity contribution in [2.45, 2.75) is 32.5 Å². The third-order valence-corrected chi connectivity index (χ3v) is 4.55. The first-order chi connectivity index (χ1) is 10.3. The maximum absolute atomic E-state index is 12.7. The van der Waals surface area contributed by atoms with Gasteiger partial charge < -0.3 is 10.4 Å². The van der Waals surface area contributed by atoms with Crippen molar-refractivity contribution < 1.29 is 23.1 Å². The largest absolute Gasteiger partial charge is 0.433 e. The Morgan fingerprint density at radius 3 is 2.68 bits per heavy atom. The smallest absolute Gasteiger partial charge is 0.394 e. The van der Waals surface area contributed by atoms with E-state index < -0.39 is 17.8 Å². The van der Waals surface area contributed by atoms with Crippen LogP contribution in [0.3, 0.4) is 0 Å². The lowest BCUT2D eigenvalue weighted by Gasteiger charge is -2.13. The summed E-state index contributed by atoms with van der Waals surface area (Å²) in [4.78, 5) is 16.3. The number of nitrogens with one attached hydrogen (secondary N) is 1. The van der Waals surface area contributed by atoms with Gasteiger partial charge in [0.25, 0.3) is 5.91 Å². The lowest BCUT2D eigenvalue weighted by molar-refractivity contribution is -0.140. The number of aromatic nitrogens is 1. The van der Waals surface area contributed by atoms with Crippen LogP contribution in [-0.2, 0) is 6.18 Å². The fraction of sp³-hybridized carbons (Fsp3) is 0.429. The summed E-state index contributed by atoms with van der Waals surface area (Å²) in [5.74, 6) is -0.407. The number of carbonyl (C=O) groups excluding carboxylic acids is 1. The fourth-order valence-corrected chi connectivity index (χ4v) is 3.08. The minimum atomic E-state index is -4.52. The van der Waals surface area contributed by atoms with E-state index in [-0.39, 0.29) is 17.5 Å². The standard InChI is InChI=1S/C14H15F3N2O2S/c1-3-8(6-20)18-12(21)11-7(2)9-4-5-10(14(15,16)17)19-13(9)22-11/h4-5,8,20H,3,6H2,1-2H3,(H,18,21). The molecule has 0 spiro atoms. The predicted octanol–water partition coefficient (Wildman–Crippen LogP) is 3.12. The van der Waals surface area contributed by atoms with E-state index in [0.717, 1.165) is 17.4 Å². The van der Waals surface area contributed by atoms with Gasteiger partial charge in [-0.15, -0.1) is 11.3 Å². The SMILES string of the molecule is CCC(CO)NC(=O)c1sc2nc(C(F)(F)F)ccc2c1C. The fourth-order valence-electron chi connectivity index (χ4n) is 2.00. The minimum Gasteiger partial charge on any atom is -0.394 e. The van der Waals surface area contributed by atoms with Crippen molar-refractivity contribution in [1.29, 1.82) is 0 Å². The van der Waals surface area contributed by atoms with Crippen molar-refractivity contribution in [3.63, 3.8) is 0 Å². The summed E-state index contributed by atoms with van der Waals surface area (Å²) in [6.07, 6.45) is -3.96. The van der Waals surface area contributed by atoms with Crippen LogP contribution in [0.25, 0.3) is 10.2 Å². The van der Waals surface area contributed by atoms with Gasteiger partial charge in [-0.1, -0.05) is 6.92 Å². The number of hydrogen-bond acceptors (Lipinski definition) is 4. The number of alkyl halides is 3. The van der Waals surface area contributed by atoms with Gasteiger partial charge in [0, 0.05) is 5.39 Å². The zero-order chi connectivity index (χ0) is 16.5. The highest BCUT2D eigenvalue weighted by atomic mass is 32.1. The van der Waals surface area contributed by atoms with Crippen LogP contribution in [0.15, 0.2) is 12.1 Å². The molecule has 0 saturated heterocycles. The van der Waals surface area contributed by atoms with Crippen LogP contribution in [-0.4, -0.2) is 28.6 Å². The molecule has 0 aliphatic rings. The van der Waals surface area contributed by atoms with Crippen LogP contribution in [0, 0.1) is 6.92 Å². The number of pyridine rings is 1. The molecule has 120 valence electrons. The Bertz CT molecular complexity index is 693. The maximum Gasteiger partial charge on any atom is 0.433 e. The molecule has 0 fully saturated rings. The Labute approximate surface area is 129 Å². The molecule has 2 rings (SSSR count). The first-order valence-corrected chi connectivity index (χ1v) is 7.48. The van der Waals surface area contributed by atoms with Gasteiger partial charge in [0.05, 0.1) is 17.5 Å². The number of amides is 1. The number of aliphatic hydroxyl groups excluding tert-OH is 1. The molecule has 0 bridgehead atoms. The summed E-state index contributed by atoms with van der Waals surface area (Å²) in [5.41, 5.74) is -0.387. The molecule has 1 atom stereocenters. The molecule has 2 aromatic heterocycles. The molecule has 0 aliphatic heterocycles. The van der Waals surface area contributed by atoms with Crippen molar-refractivity contribution in [3.05, 3.63) is 28.3 Å². The highest BCUT2D eigenvalue weighted by Gasteiger charge is 2.33. The number of hydrogen-bond donors (Lipinski definition) is 2. The molecular weight excluding hydrogens is 317 g/mol. The monoisotopic (exact) mass is 332 g/mol. The van der Waals surface area contributed by atoms with Gasteiger partial charge in [0.1, 0.15) is 10.5 Å². The zero-order valence-electron chi connectivity index (χ0n) is 12.0. The van der Waals surface area contributed by atoms with Gasteiger partial charge in [0.15, 0.2) is 0 Å². The second-order valence-corrected chi connectivity index (χ2v) is 5.86. The summed E-state index contributed by atoms with van der Waals surface area (Å²) in [6.45, 7) is 3.29. The molecule has 2 heterocycles. The Balaban J connectivity index is 2.40. The molecule has 0 aromatic carbocycles. The Morgan fingerprint density at radius 2 is 2.14 bits per heavy atom. The number of nitrogens with zero attached hydrogens (tertiary/aromatic N) is 1. The first-order valence-electron chi connectivity index (χ1n) is 6.67. The molecule has 0 aliphatic carbocycles. The van der Waals surface area contributed by atoms with Crippen LogP contribution >= 0.6 is 11.3 Å². The number of aryl methyl sites for hydroxylation is 1. The Hall–Kier alpha value is -1.67. The van der Waals surface area contributed by atoms with Gasteiger partial charge in [-0.2, -0.15) is 13.2 Å². The molecule has 2 N–H and O–H groups in total. The molecule has 0 saturated carbocycles. The van der Waals surface area contributed by atoms with Crippen LogP contribution in [0.4, 0.5) is 13.2 Å². The van der Waals surface area contributed by atoms with Crippen LogP contribution in [0.1, 0.15) is 34.3 Å². The zero-order valence-corrected chi connectivity index (χ0v) is 12.8. The Kier molecular flexibility index (Phi) is 4.72. The van der Waals surface area contributed by atoms with Crippen LogP contribution in [0.2, 0.25) is 0 Å². The van der Waals surface area contributed by atoms with Crippen molar-refractivity contribution in [1.82, 2.24) is 10.3 Å². The lowest BCUT2D eigenvalue weighted by atomic mass is 10.1. The van der Waals surface area contributed by atoms with E-state index in [4.69, 9.17) is 5.11 Å². The maximum atomic E-state index is 12.7. The highest BCUT2D eigenvalue weighted by molar-refractivity contribution is 7.20. The molecule has 2 aromatic rings. The molecule has 4 nitrogen and oxygen atoms in total. The van der Waals surface area contributed by atoms with E-state index >= 15 is 0 Å². The quantitative estimate of drug-likeness (QED) is 0.904. The lowest BCUT2D eigenvalue weighted by Crippen LogP contribution is -2.36. The number of carbonyl (C=O) groups is 1. The third-order valence-electron chi connectivity index (χ3n) is 3.35. The molecular formula is C14H15F3N2O2S. The average Bonchev–Trinajstić information content (AvgIpc) is 2.80. The summed E-state index contributed by atoms with van der Waals surface area (Å²) >= 11 is 0.920. The number of fused-ring (bicyclic) bond motifs is 1. The van der Waals surface area contributed by atoms with Crippen molar-refractivity contribution >= 4 is 27.5 Å². The van der Waals surface area contributed by atoms with Gasteiger partial charge in [-0.25, -0.2) is 4.98 Å². The number of rotatable bonds is 4. The Morgan fingerprint density at radius 1 is 1.45 bits per heavy atom. The second-order valence-electron chi connectivity index (χ2n) is 4.86. The summed E-state index contributed by atoms with van der Waals surface area (Å²) in [6, 6.07) is 1.86. The second kappa shape index (κ2) is 6.21. The van der Waals surface area contributed by atoms with E-state index in [9.17, 15) is 18.0 Å². The van der Waals surface area contributed by atoms with Crippen molar-refractivity contribution in [3.8, 4) is 0 Å². The van der Waals surface area contributed by atoms with E-state index in [1.807, 2.05) is 6.92 Å². The van der Waals surface area contributed by atoms with E-state index in [1.165, 1.54) is 6.07 Å². The number of thiophene rings is 1. The third kappa shape index (κ3) is 3.22. The molecule has 22 heavy (non-hydrogen) atoms. The summed E-state index contributed by atoms with van der Waals surface area (Å²) < 4.78 is 38.0. The number of halogens is 3. The molecule has 1 amide bonds. The highest BCUT2D eigenvalue weighted by Crippen LogP contribution is 2.34. The normalized spacial score (nSPS) is 13.4. The number of aliphatic hydroxyl groups is 1. The van der Waals surface area contributed by atoms with E-state index in [0.29, 0.717) is 22.2 Å². The van der Waals surface area contributed by atoms with E-state index in [1.54, 1.807) is 6.92 Å². The van der Waals surface area contributed by atoms with Gasteiger partial charge >= 0.3 is 6.18 Å². The molecule has 0 radical (unpaired) electrons. The first kappa shape index (κ1) is 16.7. The predicted molar refractivity (Wildman–Crippen MR) is 78.0 cm³/mol. The molecule has 1 unspecified atom stereocenters. The summed E-state index contributed by atoms with van der Waals surface area (Å²) in [7, 11) is 0. The average molecular weight is 332 g/mol. The van der Waals surface area contributed by atoms with E-state index in [2.05, 4.69) is 10.3 Å². The van der Waals surface area contributed by atoms with Crippen LogP contribution in [0.5, 0.6) is 0 Å². The van der Waals surface area contributed by atoms with Crippen molar-refractivity contribution in [2.75, 3.05) is 6.61 Å². The summed E-state index contributed by atoms with van der Waals surface area (Å²) in [5, 5.41) is 12.3.